The zero-order valence-electron chi connectivity index (χ0n) is 25.9. The molecule has 0 spiro atoms. The fourth-order valence-electron chi connectivity index (χ4n) is 4.10. The second-order valence-electron chi connectivity index (χ2n) is 10.5. The van der Waals surface area contributed by atoms with Crippen LogP contribution in [0, 0.1) is 0 Å². The Labute approximate surface area is 274 Å². The lowest BCUT2D eigenvalue weighted by atomic mass is 9.84. The first-order valence-corrected chi connectivity index (χ1v) is 16.1. The van der Waals surface area contributed by atoms with Crippen molar-refractivity contribution in [2.24, 2.45) is 15.9 Å². The molecule has 18 nitrogen and oxygen atoms in total. The summed E-state index contributed by atoms with van der Waals surface area (Å²) >= 11 is 0.955. The van der Waals surface area contributed by atoms with E-state index in [0.717, 1.165) is 35.6 Å². The molecule has 0 saturated carbocycles. The number of allylic oxidation sites excluding steroid dienone is 2. The quantitative estimate of drug-likeness (QED) is 0.0420. The monoisotopic (exact) mass is 696 g/mol. The molecule has 0 aliphatic carbocycles. The zero-order chi connectivity index (χ0) is 34.9. The first kappa shape index (κ1) is 36.8. The van der Waals surface area contributed by atoms with Crippen molar-refractivity contribution in [3.05, 3.63) is 52.7 Å². The number of hydrogen-bond donors (Lipinski definition) is 6. The van der Waals surface area contributed by atoms with Crippen LogP contribution in [0.15, 0.2) is 51.6 Å². The van der Waals surface area contributed by atoms with Gasteiger partial charge in [-0.2, -0.15) is 13.5 Å². The summed E-state index contributed by atoms with van der Waals surface area (Å²) in [6.07, 6.45) is 1.02. The Balaban J connectivity index is 1.71. The van der Waals surface area contributed by atoms with Crippen molar-refractivity contribution in [2.75, 3.05) is 32.5 Å². The lowest BCUT2D eigenvalue weighted by Gasteiger charge is -2.50. The summed E-state index contributed by atoms with van der Waals surface area (Å²) in [5, 5.41) is 20.8. The highest BCUT2D eigenvalue weighted by Crippen LogP contribution is 2.33. The first-order chi connectivity index (χ1) is 22.1. The van der Waals surface area contributed by atoms with Gasteiger partial charge in [-0.15, -0.1) is 15.6 Å². The molecule has 8 N–H and O–H groups in total. The van der Waals surface area contributed by atoms with Crippen molar-refractivity contribution in [2.45, 2.75) is 44.9 Å². The Kier molecular flexibility index (Phi) is 12.4. The number of nitrogen functional groups attached to an aromatic ring is 1. The van der Waals surface area contributed by atoms with Crippen LogP contribution < -0.4 is 26.8 Å². The standard InChI is InChI=1S/C27H36N8O10S2/c1-15(31-11-5-10-28)12-18(30-4)16-6-8-17(9-7-16)43-13-20(25(38)39)44-34-21(19-14-46-26(29)32-19)23(36)33-22-24(37)35(27(22,2)3)45-47(40,41)42/h6-9,12,14,20,22,31H,5,10-11,13,28H2,1-4H3,(H2,29,32)(H,33,36)(H,38,39)(H,40,41,42)/b15-12-,30-18-,34-21-/t20-,22+/m0/s1. The zero-order valence-corrected chi connectivity index (χ0v) is 27.5. The Morgan fingerprint density at radius 1 is 1.28 bits per heavy atom. The first-order valence-electron chi connectivity index (χ1n) is 13.9. The predicted octanol–water partition coefficient (Wildman–Crippen LogP) is 0.0793. The third kappa shape index (κ3) is 9.93. The second kappa shape index (κ2) is 15.8. The molecule has 2 atom stereocenters. The number of β-lactam (4-membered cyclic amide) rings is 1. The highest BCUT2D eigenvalue weighted by Gasteiger charge is 2.58. The van der Waals surface area contributed by atoms with Crippen LogP contribution in [0.5, 0.6) is 5.75 Å². The van der Waals surface area contributed by atoms with Gasteiger partial charge < -0.3 is 36.8 Å². The minimum atomic E-state index is -5.02. The third-order valence-electron chi connectivity index (χ3n) is 6.58. The average molecular weight is 697 g/mol. The van der Waals surface area contributed by atoms with Crippen LogP contribution in [-0.2, 0) is 33.9 Å². The van der Waals surface area contributed by atoms with Gasteiger partial charge in [-0.25, -0.2) is 9.78 Å². The molecular formula is C27H36N8O10S2. The summed E-state index contributed by atoms with van der Waals surface area (Å²) < 4.78 is 41.0. The number of carbonyl (C=O) groups is 3. The number of benzene rings is 1. The predicted molar refractivity (Wildman–Crippen MR) is 171 cm³/mol. The maximum atomic E-state index is 13.2. The molecule has 1 saturated heterocycles. The molecule has 1 aliphatic rings. The summed E-state index contributed by atoms with van der Waals surface area (Å²) in [6.45, 7) is 5.43. The number of carbonyl (C=O) groups excluding carboxylic acids is 2. The van der Waals surface area contributed by atoms with Gasteiger partial charge >= 0.3 is 16.4 Å². The van der Waals surface area contributed by atoms with E-state index >= 15 is 0 Å². The molecule has 2 heterocycles. The van der Waals surface area contributed by atoms with Crippen molar-refractivity contribution in [1.29, 1.82) is 0 Å². The van der Waals surface area contributed by atoms with Crippen molar-refractivity contribution >= 4 is 56.1 Å². The van der Waals surface area contributed by atoms with Gasteiger partial charge in [0.05, 0.1) is 11.3 Å². The van der Waals surface area contributed by atoms with Crippen LogP contribution in [0.2, 0.25) is 0 Å². The maximum Gasteiger partial charge on any atom is 0.418 e. The summed E-state index contributed by atoms with van der Waals surface area (Å²) in [5.74, 6) is -3.16. The number of anilines is 1. The number of nitrogens with one attached hydrogen (secondary N) is 2. The number of oxime groups is 1. The van der Waals surface area contributed by atoms with E-state index in [1.807, 2.05) is 13.0 Å². The molecule has 2 aromatic rings. The molecule has 2 amide bonds. The second-order valence-corrected chi connectivity index (χ2v) is 12.4. The van der Waals surface area contributed by atoms with Crippen LogP contribution in [0.3, 0.4) is 0 Å². The van der Waals surface area contributed by atoms with E-state index < -0.39 is 58.2 Å². The SMILES string of the molecule is C/N=C(/C=C(/C)NCCCN)c1ccc(OC[C@H](O/N=C(\C(=O)N[C@@H]2C(=O)N(OS(=O)(=O)O)C2(C)C)c2csc(N)n2)C(=O)O)cc1. The van der Waals surface area contributed by atoms with Crippen molar-refractivity contribution < 1.29 is 46.3 Å². The Hall–Kier alpha value is -4.63. The smallest absolute Gasteiger partial charge is 0.418 e. The van der Waals surface area contributed by atoms with E-state index in [4.69, 9.17) is 25.6 Å². The molecule has 0 unspecified atom stereocenters. The number of amides is 2. The molecule has 1 aliphatic heterocycles. The Bertz CT molecular complexity index is 1660. The minimum Gasteiger partial charge on any atom is -0.489 e. The van der Waals surface area contributed by atoms with Crippen LogP contribution in [0.25, 0.3) is 0 Å². The van der Waals surface area contributed by atoms with Gasteiger partial charge in [-0.05, 0) is 69.6 Å². The van der Waals surface area contributed by atoms with E-state index in [2.05, 4.69) is 30.0 Å². The highest BCUT2D eigenvalue weighted by atomic mass is 32.3. The number of rotatable bonds is 17. The summed E-state index contributed by atoms with van der Waals surface area (Å²) in [5.41, 5.74) is 11.6. The Morgan fingerprint density at radius 2 is 1.96 bits per heavy atom. The van der Waals surface area contributed by atoms with Crippen molar-refractivity contribution in [3.63, 3.8) is 0 Å². The number of carboxylic acid groups (broad SMARTS) is 1. The van der Waals surface area contributed by atoms with Gasteiger partial charge in [0.1, 0.15) is 24.1 Å². The number of thiazole rings is 1. The molecule has 1 aromatic carbocycles. The van der Waals surface area contributed by atoms with Gasteiger partial charge in [0, 0.05) is 24.7 Å². The van der Waals surface area contributed by atoms with Gasteiger partial charge in [0.2, 0.25) is 0 Å². The lowest BCUT2D eigenvalue weighted by molar-refractivity contribution is -0.218. The lowest BCUT2D eigenvalue weighted by Crippen LogP contribution is -2.76. The number of nitrogens with zero attached hydrogens (tertiary/aromatic N) is 4. The maximum absolute atomic E-state index is 13.2. The van der Waals surface area contributed by atoms with Crippen LogP contribution in [-0.4, -0.2) is 102 Å². The molecule has 1 fully saturated rings. The van der Waals surface area contributed by atoms with Gasteiger partial charge in [0.25, 0.3) is 17.9 Å². The minimum absolute atomic E-state index is 0.0552. The number of nitrogens with two attached hydrogens (primary N) is 2. The number of hydroxylamine groups is 2. The van der Waals surface area contributed by atoms with Gasteiger partial charge in [-0.1, -0.05) is 5.16 Å². The molecule has 3 rings (SSSR count). The summed E-state index contributed by atoms with van der Waals surface area (Å²) in [7, 11) is -3.36. The van der Waals surface area contributed by atoms with Crippen LogP contribution in [0.1, 0.15) is 38.4 Å². The number of ether oxygens (including phenoxy) is 1. The van der Waals surface area contributed by atoms with E-state index in [9.17, 15) is 27.9 Å². The Morgan fingerprint density at radius 3 is 2.49 bits per heavy atom. The fourth-order valence-corrected chi connectivity index (χ4v) is 5.10. The topological polar surface area (TPSA) is 270 Å². The van der Waals surface area contributed by atoms with E-state index in [0.29, 0.717) is 23.1 Å². The normalized spacial score (nSPS) is 17.5. The fraction of sp³-hybridized carbons (Fsp3) is 0.407. The number of carboxylic acids is 1. The molecule has 0 bridgehead atoms. The largest absolute Gasteiger partial charge is 0.489 e. The van der Waals surface area contributed by atoms with E-state index in [1.54, 1.807) is 31.3 Å². The van der Waals surface area contributed by atoms with E-state index in [1.165, 1.54) is 19.2 Å². The highest BCUT2D eigenvalue weighted by molar-refractivity contribution is 7.80. The molecule has 20 heteroatoms. The third-order valence-corrected chi connectivity index (χ3v) is 7.59. The molecule has 47 heavy (non-hydrogen) atoms. The van der Waals surface area contributed by atoms with Gasteiger partial charge in [0.15, 0.2) is 10.8 Å². The van der Waals surface area contributed by atoms with E-state index in [-0.39, 0.29) is 10.8 Å². The van der Waals surface area contributed by atoms with Crippen LogP contribution >= 0.6 is 11.3 Å². The average Bonchev–Trinajstić information content (AvgIpc) is 3.44. The van der Waals surface area contributed by atoms with Crippen LogP contribution in [0.4, 0.5) is 5.13 Å². The number of aliphatic carboxylic acids is 1. The summed E-state index contributed by atoms with van der Waals surface area (Å²) in [6, 6.07) is 5.41. The van der Waals surface area contributed by atoms with Crippen molar-refractivity contribution in [1.82, 2.24) is 20.7 Å². The number of aromatic nitrogens is 1. The number of hydrogen-bond acceptors (Lipinski definition) is 15. The molecule has 256 valence electrons. The molecule has 0 radical (unpaired) electrons. The number of aliphatic imine (C=N–C) groups is 1. The van der Waals surface area contributed by atoms with Gasteiger partial charge in [-0.3, -0.25) is 19.1 Å². The molecular weight excluding hydrogens is 660 g/mol. The summed E-state index contributed by atoms with van der Waals surface area (Å²) in [4.78, 5) is 51.1. The van der Waals surface area contributed by atoms with Crippen molar-refractivity contribution in [3.8, 4) is 5.75 Å². The molecule has 1 aromatic heterocycles.